The monoisotopic (exact) mass is 403 g/mol. The Hall–Kier alpha value is -1.73. The van der Waals surface area contributed by atoms with Crippen LogP contribution in [-0.4, -0.2) is 41.9 Å². The molecule has 1 aromatic rings. The van der Waals surface area contributed by atoms with Gasteiger partial charge >= 0.3 is 0 Å². The molecule has 0 aromatic heterocycles. The second-order valence-corrected chi connectivity index (χ2v) is 6.87. The average Bonchev–Trinajstić information content (AvgIpc) is 2.66. The van der Waals surface area contributed by atoms with Crippen LogP contribution >= 0.6 is 12.4 Å². The minimum Gasteiger partial charge on any atom is -0.349 e. The van der Waals surface area contributed by atoms with Crippen molar-refractivity contribution >= 4 is 24.2 Å². The first-order valence-corrected chi connectivity index (χ1v) is 9.12. The van der Waals surface area contributed by atoms with E-state index < -0.39 is 17.5 Å². The molecule has 0 atom stereocenters. The fraction of sp³-hybridized carbons (Fsp3) is 0.579. The van der Waals surface area contributed by atoms with Crippen LogP contribution in [0.25, 0.3) is 0 Å². The Kier molecular flexibility index (Phi) is 8.62. The number of likely N-dealkylation sites (tertiary alicyclic amines) is 1. The molecule has 1 aliphatic heterocycles. The van der Waals surface area contributed by atoms with E-state index in [9.17, 15) is 18.4 Å². The highest BCUT2D eigenvalue weighted by molar-refractivity contribution is 5.94. The Morgan fingerprint density at radius 1 is 1.22 bits per heavy atom. The topological polar surface area (TPSA) is 75.4 Å². The number of benzene rings is 1. The first-order chi connectivity index (χ1) is 12.4. The molecule has 2 rings (SSSR count). The summed E-state index contributed by atoms with van der Waals surface area (Å²) in [6.45, 7) is 5.10. The lowest BCUT2D eigenvalue weighted by Gasteiger charge is -2.36. The van der Waals surface area contributed by atoms with E-state index in [1.165, 1.54) is 4.90 Å². The third-order valence-electron chi connectivity index (χ3n) is 5.45. The van der Waals surface area contributed by atoms with Crippen LogP contribution in [0.2, 0.25) is 0 Å². The van der Waals surface area contributed by atoms with Gasteiger partial charge in [0.15, 0.2) is 0 Å². The SMILES string of the molecule is CCC(CC)(CN)NC(=O)C1CCN(C(=O)c2ccc(F)cc2F)CC1.Cl. The second kappa shape index (κ2) is 9.99. The highest BCUT2D eigenvalue weighted by Crippen LogP contribution is 2.22. The quantitative estimate of drug-likeness (QED) is 0.766. The van der Waals surface area contributed by atoms with Crippen LogP contribution in [0.4, 0.5) is 8.78 Å². The van der Waals surface area contributed by atoms with Crippen molar-refractivity contribution in [3.05, 3.63) is 35.4 Å². The smallest absolute Gasteiger partial charge is 0.256 e. The van der Waals surface area contributed by atoms with Gasteiger partial charge in [-0.15, -0.1) is 12.4 Å². The van der Waals surface area contributed by atoms with Gasteiger partial charge in [0, 0.05) is 31.6 Å². The van der Waals surface area contributed by atoms with Crippen molar-refractivity contribution in [1.82, 2.24) is 10.2 Å². The zero-order valence-corrected chi connectivity index (χ0v) is 16.6. The molecule has 1 heterocycles. The molecule has 0 bridgehead atoms. The zero-order valence-electron chi connectivity index (χ0n) is 15.8. The summed E-state index contributed by atoms with van der Waals surface area (Å²) in [4.78, 5) is 26.5. The minimum absolute atomic E-state index is 0. The Morgan fingerprint density at radius 2 is 1.81 bits per heavy atom. The summed E-state index contributed by atoms with van der Waals surface area (Å²) >= 11 is 0. The van der Waals surface area contributed by atoms with E-state index in [1.807, 2.05) is 13.8 Å². The van der Waals surface area contributed by atoms with E-state index >= 15 is 0 Å². The molecular weight excluding hydrogens is 376 g/mol. The first kappa shape index (κ1) is 23.3. The molecule has 152 valence electrons. The number of carbonyl (C=O) groups excluding carboxylic acids is 2. The number of nitrogens with two attached hydrogens (primary N) is 1. The summed E-state index contributed by atoms with van der Waals surface area (Å²) in [6.07, 6.45) is 2.53. The average molecular weight is 404 g/mol. The van der Waals surface area contributed by atoms with Crippen LogP contribution in [0.3, 0.4) is 0 Å². The Labute approximate surface area is 165 Å². The van der Waals surface area contributed by atoms with Gasteiger partial charge in [0.2, 0.25) is 5.91 Å². The maximum Gasteiger partial charge on any atom is 0.256 e. The predicted octanol–water partition coefficient (Wildman–Crippen LogP) is 2.87. The molecule has 5 nitrogen and oxygen atoms in total. The van der Waals surface area contributed by atoms with Gasteiger partial charge in [-0.05, 0) is 37.8 Å². The van der Waals surface area contributed by atoms with Crippen LogP contribution in [0, 0.1) is 17.6 Å². The number of hydrogen-bond acceptors (Lipinski definition) is 3. The Morgan fingerprint density at radius 3 is 2.30 bits per heavy atom. The number of halogens is 3. The molecule has 0 saturated carbocycles. The van der Waals surface area contributed by atoms with Crippen molar-refractivity contribution in [2.45, 2.75) is 45.1 Å². The molecular formula is C19H28ClF2N3O2. The van der Waals surface area contributed by atoms with Gasteiger partial charge in [-0.2, -0.15) is 0 Å². The number of hydrogen-bond donors (Lipinski definition) is 2. The maximum absolute atomic E-state index is 13.8. The summed E-state index contributed by atoms with van der Waals surface area (Å²) in [5.74, 6) is -2.29. The van der Waals surface area contributed by atoms with Crippen LogP contribution < -0.4 is 11.1 Å². The van der Waals surface area contributed by atoms with Crippen LogP contribution in [0.15, 0.2) is 18.2 Å². The molecule has 0 spiro atoms. The third kappa shape index (κ3) is 5.39. The number of amides is 2. The summed E-state index contributed by atoms with van der Waals surface area (Å²) in [5, 5.41) is 3.07. The van der Waals surface area contributed by atoms with Gasteiger partial charge in [0.1, 0.15) is 11.6 Å². The summed E-state index contributed by atoms with van der Waals surface area (Å²) < 4.78 is 26.8. The van der Waals surface area contributed by atoms with Crippen molar-refractivity contribution in [2.24, 2.45) is 11.7 Å². The molecule has 2 amide bonds. The number of nitrogens with zero attached hydrogens (tertiary/aromatic N) is 1. The molecule has 0 unspecified atom stereocenters. The first-order valence-electron chi connectivity index (χ1n) is 9.12. The molecule has 1 fully saturated rings. The van der Waals surface area contributed by atoms with Crippen LogP contribution in [-0.2, 0) is 4.79 Å². The molecule has 0 radical (unpaired) electrons. The van der Waals surface area contributed by atoms with E-state index in [2.05, 4.69) is 5.32 Å². The zero-order chi connectivity index (χ0) is 19.3. The van der Waals surface area contributed by atoms with Crippen molar-refractivity contribution in [3.63, 3.8) is 0 Å². The lowest BCUT2D eigenvalue weighted by molar-refractivity contribution is -0.128. The van der Waals surface area contributed by atoms with E-state index in [-0.39, 0.29) is 35.3 Å². The van der Waals surface area contributed by atoms with Gasteiger partial charge in [-0.3, -0.25) is 9.59 Å². The molecule has 1 aliphatic rings. The van der Waals surface area contributed by atoms with Gasteiger partial charge in [-0.1, -0.05) is 13.8 Å². The molecule has 3 N–H and O–H groups in total. The van der Waals surface area contributed by atoms with Gasteiger partial charge in [0.05, 0.1) is 11.1 Å². The van der Waals surface area contributed by atoms with E-state index in [4.69, 9.17) is 5.73 Å². The molecule has 8 heteroatoms. The largest absolute Gasteiger partial charge is 0.349 e. The number of piperidine rings is 1. The lowest BCUT2D eigenvalue weighted by Crippen LogP contribution is -2.55. The number of nitrogens with one attached hydrogen (secondary N) is 1. The summed E-state index contributed by atoms with van der Waals surface area (Å²) in [5.41, 5.74) is 5.30. The van der Waals surface area contributed by atoms with Crippen molar-refractivity contribution in [3.8, 4) is 0 Å². The summed E-state index contributed by atoms with van der Waals surface area (Å²) in [7, 11) is 0. The number of carbonyl (C=O) groups is 2. The standard InChI is InChI=1S/C19H27F2N3O2.ClH/c1-3-19(4-2,12-22)23-17(25)13-7-9-24(10-8-13)18(26)15-6-5-14(20)11-16(15)21;/h5-6,11,13H,3-4,7-10,12,22H2,1-2H3,(H,23,25);1H. The van der Waals surface area contributed by atoms with E-state index in [1.54, 1.807) is 0 Å². The van der Waals surface area contributed by atoms with Crippen LogP contribution in [0.1, 0.15) is 49.9 Å². The van der Waals surface area contributed by atoms with Crippen molar-refractivity contribution in [1.29, 1.82) is 0 Å². The van der Waals surface area contributed by atoms with Gasteiger partial charge < -0.3 is 16.0 Å². The van der Waals surface area contributed by atoms with Gasteiger partial charge in [-0.25, -0.2) is 8.78 Å². The molecule has 1 aromatic carbocycles. The highest BCUT2D eigenvalue weighted by atomic mass is 35.5. The molecule has 1 saturated heterocycles. The highest BCUT2D eigenvalue weighted by Gasteiger charge is 2.33. The minimum atomic E-state index is -0.867. The molecule has 0 aliphatic carbocycles. The summed E-state index contributed by atoms with van der Waals surface area (Å²) in [6, 6.07) is 2.93. The molecule has 27 heavy (non-hydrogen) atoms. The van der Waals surface area contributed by atoms with Crippen molar-refractivity contribution < 1.29 is 18.4 Å². The Balaban J connectivity index is 0.00000364. The lowest BCUT2D eigenvalue weighted by atomic mass is 9.89. The normalized spacial score (nSPS) is 15.2. The fourth-order valence-electron chi connectivity index (χ4n) is 3.31. The van der Waals surface area contributed by atoms with Crippen molar-refractivity contribution in [2.75, 3.05) is 19.6 Å². The fourth-order valence-corrected chi connectivity index (χ4v) is 3.31. The second-order valence-electron chi connectivity index (χ2n) is 6.87. The van der Waals surface area contributed by atoms with E-state index in [0.717, 1.165) is 25.0 Å². The third-order valence-corrected chi connectivity index (χ3v) is 5.45. The Bertz CT molecular complexity index is 652. The van der Waals surface area contributed by atoms with Crippen LogP contribution in [0.5, 0.6) is 0 Å². The maximum atomic E-state index is 13.8. The van der Waals surface area contributed by atoms with E-state index in [0.29, 0.717) is 38.5 Å². The van der Waals surface area contributed by atoms with Gasteiger partial charge in [0.25, 0.3) is 5.91 Å². The predicted molar refractivity (Wildman–Crippen MR) is 103 cm³/mol. The number of rotatable bonds is 6.